The molecule has 0 aromatic carbocycles. The summed E-state index contributed by atoms with van der Waals surface area (Å²) in [6.07, 6.45) is 2.32. The van der Waals surface area contributed by atoms with Crippen LogP contribution in [0.1, 0.15) is 20.3 Å². The minimum atomic E-state index is -2.89. The smallest absolute Gasteiger partial charge is 0.151 e. The Morgan fingerprint density at radius 3 is 2.40 bits per heavy atom. The van der Waals surface area contributed by atoms with Gasteiger partial charge >= 0.3 is 0 Å². The van der Waals surface area contributed by atoms with Crippen LogP contribution in [0.15, 0.2) is 0 Å². The summed E-state index contributed by atoms with van der Waals surface area (Å²) in [6.45, 7) is 4.78. The largest absolute Gasteiger partial charge is 0.315 e. The van der Waals surface area contributed by atoms with E-state index in [1.165, 1.54) is 0 Å². The molecule has 2 atom stereocenters. The van der Waals surface area contributed by atoms with Crippen molar-refractivity contribution in [1.29, 1.82) is 0 Å². The Labute approximate surface area is 95.2 Å². The Morgan fingerprint density at radius 2 is 1.93 bits per heavy atom. The molecule has 6 heteroatoms. The fraction of sp³-hybridized carbons (Fsp3) is 1.00. The number of nitrogens with one attached hydrogen (secondary N) is 1. The lowest BCUT2D eigenvalue weighted by Gasteiger charge is -2.09. The summed E-state index contributed by atoms with van der Waals surface area (Å²) in [5.41, 5.74) is 0. The van der Waals surface area contributed by atoms with Gasteiger partial charge in [0, 0.05) is 41.1 Å². The third-order valence-corrected chi connectivity index (χ3v) is 5.26. The van der Waals surface area contributed by atoms with E-state index in [0.717, 1.165) is 0 Å². The number of rotatable bonds is 8. The van der Waals surface area contributed by atoms with E-state index in [0.29, 0.717) is 19.5 Å². The average Bonchev–Trinajstić information content (AvgIpc) is 2.11. The first-order valence-corrected chi connectivity index (χ1v) is 8.56. The van der Waals surface area contributed by atoms with Gasteiger partial charge in [0.05, 0.1) is 5.75 Å². The van der Waals surface area contributed by atoms with Gasteiger partial charge in [-0.05, 0) is 13.3 Å². The van der Waals surface area contributed by atoms with Crippen LogP contribution in [0, 0.1) is 0 Å². The molecule has 0 bridgehead atoms. The van der Waals surface area contributed by atoms with E-state index in [2.05, 4.69) is 5.32 Å². The van der Waals surface area contributed by atoms with E-state index in [4.69, 9.17) is 0 Å². The summed E-state index contributed by atoms with van der Waals surface area (Å²) in [4.78, 5) is 0. The highest BCUT2D eigenvalue weighted by Gasteiger charge is 2.09. The quantitative estimate of drug-likeness (QED) is 0.628. The van der Waals surface area contributed by atoms with E-state index in [1.54, 1.807) is 6.26 Å². The van der Waals surface area contributed by atoms with E-state index in [9.17, 15) is 12.6 Å². The molecule has 0 aliphatic rings. The molecule has 0 aliphatic carbocycles. The second-order valence-electron chi connectivity index (χ2n) is 3.67. The van der Waals surface area contributed by atoms with Crippen molar-refractivity contribution in [1.82, 2.24) is 5.32 Å². The van der Waals surface area contributed by atoms with Crippen molar-refractivity contribution in [2.75, 3.05) is 30.9 Å². The van der Waals surface area contributed by atoms with Gasteiger partial charge in [0.25, 0.3) is 0 Å². The Bertz CT molecular complexity index is 288. The van der Waals surface area contributed by atoms with Crippen LogP contribution < -0.4 is 5.32 Å². The van der Waals surface area contributed by atoms with E-state index >= 15 is 0 Å². The molecule has 92 valence electrons. The number of hydrogen-bond donors (Lipinski definition) is 1. The Balaban J connectivity index is 3.67. The third kappa shape index (κ3) is 7.93. The van der Waals surface area contributed by atoms with Crippen molar-refractivity contribution in [2.24, 2.45) is 0 Å². The van der Waals surface area contributed by atoms with Gasteiger partial charge in [0.1, 0.15) is 0 Å². The van der Waals surface area contributed by atoms with Crippen LogP contribution in [0.3, 0.4) is 0 Å². The highest BCUT2D eigenvalue weighted by Crippen LogP contribution is 1.93. The van der Waals surface area contributed by atoms with Crippen molar-refractivity contribution in [2.45, 2.75) is 25.5 Å². The second-order valence-corrected chi connectivity index (χ2v) is 7.77. The minimum Gasteiger partial charge on any atom is -0.315 e. The van der Waals surface area contributed by atoms with Crippen molar-refractivity contribution in [3.05, 3.63) is 0 Å². The predicted molar refractivity (Wildman–Crippen MR) is 65.3 cm³/mol. The SMILES string of the molecule is CCCS(=O)(=O)CCNCC(C)S(C)=O. The maximum Gasteiger partial charge on any atom is 0.151 e. The lowest BCUT2D eigenvalue weighted by Crippen LogP contribution is -2.31. The van der Waals surface area contributed by atoms with E-state index in [-0.39, 0.29) is 16.8 Å². The van der Waals surface area contributed by atoms with Crippen molar-refractivity contribution < 1.29 is 12.6 Å². The average molecular weight is 255 g/mol. The summed E-state index contributed by atoms with van der Waals surface area (Å²) in [5, 5.41) is 3.08. The van der Waals surface area contributed by atoms with E-state index < -0.39 is 20.6 Å². The fourth-order valence-corrected chi connectivity index (χ4v) is 2.70. The summed E-state index contributed by atoms with van der Waals surface area (Å²) < 4.78 is 33.6. The zero-order valence-corrected chi connectivity index (χ0v) is 11.3. The second kappa shape index (κ2) is 7.35. The molecule has 0 spiro atoms. The van der Waals surface area contributed by atoms with Crippen LogP contribution in [-0.2, 0) is 20.6 Å². The first-order valence-electron chi connectivity index (χ1n) is 5.12. The topological polar surface area (TPSA) is 63.2 Å². The first-order chi connectivity index (χ1) is 6.89. The summed E-state index contributed by atoms with van der Waals surface area (Å²) in [6, 6.07) is 0. The Kier molecular flexibility index (Phi) is 7.38. The predicted octanol–water partition coefficient (Wildman–Crippen LogP) is 0.168. The lowest BCUT2D eigenvalue weighted by molar-refractivity contribution is 0.589. The molecule has 0 saturated heterocycles. The third-order valence-electron chi connectivity index (χ3n) is 2.10. The molecule has 0 aromatic rings. The molecule has 0 rings (SSSR count). The van der Waals surface area contributed by atoms with Gasteiger partial charge in [-0.3, -0.25) is 4.21 Å². The van der Waals surface area contributed by atoms with Gasteiger partial charge in [-0.25, -0.2) is 8.42 Å². The standard InChI is InChI=1S/C9H21NO3S2/c1-4-6-15(12,13)7-5-10-8-9(2)14(3)11/h9-10H,4-8H2,1-3H3. The molecule has 0 amide bonds. The number of hydrogen-bond acceptors (Lipinski definition) is 4. The zero-order valence-electron chi connectivity index (χ0n) is 9.65. The van der Waals surface area contributed by atoms with Crippen LogP contribution in [-0.4, -0.2) is 48.7 Å². The molecular weight excluding hydrogens is 234 g/mol. The summed E-state index contributed by atoms with van der Waals surface area (Å²) in [5.74, 6) is 0.424. The fourth-order valence-electron chi connectivity index (χ4n) is 1.06. The summed E-state index contributed by atoms with van der Waals surface area (Å²) in [7, 11) is -3.74. The van der Waals surface area contributed by atoms with Crippen molar-refractivity contribution in [3.8, 4) is 0 Å². The van der Waals surface area contributed by atoms with Crippen LogP contribution in [0.2, 0.25) is 0 Å². The first kappa shape index (κ1) is 15.1. The molecule has 2 unspecified atom stereocenters. The molecule has 0 heterocycles. The highest BCUT2D eigenvalue weighted by atomic mass is 32.2. The van der Waals surface area contributed by atoms with Gasteiger partial charge in [-0.1, -0.05) is 6.92 Å². The van der Waals surface area contributed by atoms with Gasteiger partial charge in [0.15, 0.2) is 9.84 Å². The normalized spacial score (nSPS) is 16.2. The van der Waals surface area contributed by atoms with Crippen molar-refractivity contribution >= 4 is 20.6 Å². The molecule has 15 heavy (non-hydrogen) atoms. The van der Waals surface area contributed by atoms with Gasteiger partial charge in [0.2, 0.25) is 0 Å². The molecule has 0 fully saturated rings. The van der Waals surface area contributed by atoms with Gasteiger partial charge in [-0.2, -0.15) is 0 Å². The monoisotopic (exact) mass is 255 g/mol. The van der Waals surface area contributed by atoms with Crippen molar-refractivity contribution in [3.63, 3.8) is 0 Å². The highest BCUT2D eigenvalue weighted by molar-refractivity contribution is 7.91. The molecule has 0 aliphatic heterocycles. The molecular formula is C9H21NO3S2. The Hall–Kier alpha value is 0.0600. The number of sulfone groups is 1. The maximum atomic E-state index is 11.3. The molecule has 1 N–H and O–H groups in total. The molecule has 4 nitrogen and oxygen atoms in total. The van der Waals surface area contributed by atoms with Crippen LogP contribution in [0.25, 0.3) is 0 Å². The zero-order chi connectivity index (χ0) is 11.9. The minimum absolute atomic E-state index is 0.0684. The van der Waals surface area contributed by atoms with Crippen LogP contribution in [0.5, 0.6) is 0 Å². The van der Waals surface area contributed by atoms with Gasteiger partial charge in [-0.15, -0.1) is 0 Å². The van der Waals surface area contributed by atoms with Crippen LogP contribution in [0.4, 0.5) is 0 Å². The van der Waals surface area contributed by atoms with Crippen LogP contribution >= 0.6 is 0 Å². The Morgan fingerprint density at radius 1 is 1.33 bits per heavy atom. The molecule has 0 radical (unpaired) electrons. The molecule has 0 saturated carbocycles. The maximum absolute atomic E-state index is 11.3. The summed E-state index contributed by atoms with van der Waals surface area (Å²) >= 11 is 0. The lowest BCUT2D eigenvalue weighted by atomic mass is 10.5. The van der Waals surface area contributed by atoms with E-state index in [1.807, 2.05) is 13.8 Å². The molecule has 0 aromatic heterocycles. The van der Waals surface area contributed by atoms with Gasteiger partial charge < -0.3 is 5.32 Å².